The molecule has 7 heteroatoms. The van der Waals surface area contributed by atoms with Crippen LogP contribution in [0.3, 0.4) is 0 Å². The Morgan fingerprint density at radius 1 is 1.43 bits per heavy atom. The zero-order valence-corrected chi connectivity index (χ0v) is 14.9. The third kappa shape index (κ3) is 4.16. The van der Waals surface area contributed by atoms with Crippen molar-refractivity contribution in [1.82, 2.24) is 24.6 Å². The third-order valence-electron chi connectivity index (χ3n) is 4.18. The van der Waals surface area contributed by atoms with Gasteiger partial charge >= 0.3 is 0 Å². The van der Waals surface area contributed by atoms with Crippen molar-refractivity contribution in [3.63, 3.8) is 0 Å². The van der Waals surface area contributed by atoms with E-state index in [1.165, 1.54) is 11.4 Å². The lowest BCUT2D eigenvalue weighted by Gasteiger charge is -2.34. The molecule has 0 amide bonds. The molecule has 1 aliphatic heterocycles. The molecule has 1 atom stereocenters. The minimum absolute atomic E-state index is 0.150. The van der Waals surface area contributed by atoms with Crippen molar-refractivity contribution in [1.29, 1.82) is 0 Å². The van der Waals surface area contributed by atoms with Crippen molar-refractivity contribution in [3.8, 4) is 0 Å². The molecular formula is C16H25N5OS. The van der Waals surface area contributed by atoms with Gasteiger partial charge in [0.2, 0.25) is 0 Å². The van der Waals surface area contributed by atoms with Gasteiger partial charge in [-0.2, -0.15) is 5.10 Å². The van der Waals surface area contributed by atoms with Crippen molar-refractivity contribution >= 4 is 11.3 Å². The fourth-order valence-corrected chi connectivity index (χ4v) is 3.63. The van der Waals surface area contributed by atoms with Crippen LogP contribution in [-0.2, 0) is 24.8 Å². The minimum atomic E-state index is 0.150. The monoisotopic (exact) mass is 335 g/mol. The number of aromatic nitrogens is 4. The lowest BCUT2D eigenvalue weighted by atomic mass is 10.1. The summed E-state index contributed by atoms with van der Waals surface area (Å²) in [5.74, 6) is 1.68. The molecule has 0 radical (unpaired) electrons. The van der Waals surface area contributed by atoms with E-state index < -0.39 is 0 Å². The normalized spacial score (nSPS) is 19.6. The first kappa shape index (κ1) is 16.5. The zero-order chi connectivity index (χ0) is 16.2. The Hall–Kier alpha value is -1.31. The highest BCUT2D eigenvalue weighted by atomic mass is 32.1. The van der Waals surface area contributed by atoms with Gasteiger partial charge in [0.25, 0.3) is 0 Å². The molecule has 1 saturated heterocycles. The van der Waals surface area contributed by atoms with Crippen LogP contribution in [0.5, 0.6) is 0 Å². The molecule has 0 spiro atoms. The lowest BCUT2D eigenvalue weighted by molar-refractivity contribution is -0.0176. The largest absolute Gasteiger partial charge is 0.378 e. The Morgan fingerprint density at radius 2 is 2.30 bits per heavy atom. The molecule has 23 heavy (non-hydrogen) atoms. The van der Waals surface area contributed by atoms with Crippen molar-refractivity contribution in [3.05, 3.63) is 28.2 Å². The predicted octanol–water partition coefficient (Wildman–Crippen LogP) is 2.43. The first-order valence-electron chi connectivity index (χ1n) is 8.22. The van der Waals surface area contributed by atoms with Crippen LogP contribution in [0, 0.1) is 5.92 Å². The summed E-state index contributed by atoms with van der Waals surface area (Å²) in [4.78, 5) is 11.6. The van der Waals surface area contributed by atoms with Gasteiger partial charge < -0.3 is 4.74 Å². The highest BCUT2D eigenvalue weighted by molar-refractivity contribution is 7.09. The molecule has 0 aliphatic carbocycles. The van der Waals surface area contributed by atoms with Gasteiger partial charge in [-0.25, -0.2) is 9.97 Å². The van der Waals surface area contributed by atoms with E-state index in [-0.39, 0.29) is 6.04 Å². The topological polar surface area (TPSA) is 56.1 Å². The van der Waals surface area contributed by atoms with Crippen molar-refractivity contribution < 1.29 is 4.74 Å². The number of hydrogen-bond acceptors (Lipinski definition) is 6. The summed E-state index contributed by atoms with van der Waals surface area (Å²) in [6.45, 7) is 7.69. The molecular weight excluding hydrogens is 310 g/mol. The number of aryl methyl sites for hydroxylation is 2. The van der Waals surface area contributed by atoms with E-state index in [0.29, 0.717) is 6.61 Å². The van der Waals surface area contributed by atoms with Gasteiger partial charge in [0, 0.05) is 25.5 Å². The number of rotatable bonds is 6. The van der Waals surface area contributed by atoms with Gasteiger partial charge in [0.15, 0.2) is 0 Å². The van der Waals surface area contributed by atoms with Crippen molar-refractivity contribution in [2.24, 2.45) is 13.0 Å². The molecule has 6 nitrogen and oxygen atoms in total. The number of hydrogen-bond donors (Lipinski definition) is 0. The van der Waals surface area contributed by atoms with E-state index in [0.717, 1.165) is 43.6 Å². The maximum Gasteiger partial charge on any atom is 0.146 e. The molecule has 1 unspecified atom stereocenters. The van der Waals surface area contributed by atoms with Gasteiger partial charge in [0.1, 0.15) is 12.2 Å². The summed E-state index contributed by atoms with van der Waals surface area (Å²) in [6.07, 6.45) is 3.89. The van der Waals surface area contributed by atoms with Crippen molar-refractivity contribution in [2.45, 2.75) is 39.3 Å². The minimum Gasteiger partial charge on any atom is -0.378 e. The Balaban J connectivity index is 1.66. The van der Waals surface area contributed by atoms with Crippen LogP contribution >= 0.6 is 11.3 Å². The van der Waals surface area contributed by atoms with Crippen LogP contribution in [0.4, 0.5) is 0 Å². The maximum atomic E-state index is 5.66. The molecule has 2 aromatic rings. The van der Waals surface area contributed by atoms with Gasteiger partial charge in [-0.1, -0.05) is 13.8 Å². The zero-order valence-electron chi connectivity index (χ0n) is 14.1. The summed E-state index contributed by atoms with van der Waals surface area (Å²) >= 11 is 1.78. The van der Waals surface area contributed by atoms with Crippen molar-refractivity contribution in [2.75, 3.05) is 19.8 Å². The molecule has 3 rings (SSSR count). The summed E-state index contributed by atoms with van der Waals surface area (Å²) in [6, 6.07) is 0.150. The van der Waals surface area contributed by atoms with E-state index >= 15 is 0 Å². The molecule has 0 N–H and O–H groups in total. The fraction of sp³-hybridized carbons (Fsp3) is 0.688. The Labute approximate surface area is 141 Å². The number of thiazole rings is 1. The highest BCUT2D eigenvalue weighted by Crippen LogP contribution is 2.25. The molecule has 2 aromatic heterocycles. The van der Waals surface area contributed by atoms with Crippen LogP contribution in [0.25, 0.3) is 0 Å². The van der Waals surface area contributed by atoms with E-state index in [2.05, 4.69) is 34.2 Å². The Kier molecular flexibility index (Phi) is 5.40. The Bertz CT molecular complexity index is 624. The molecule has 0 saturated carbocycles. The second-order valence-corrected chi connectivity index (χ2v) is 7.41. The summed E-state index contributed by atoms with van der Waals surface area (Å²) < 4.78 is 7.49. The summed E-state index contributed by atoms with van der Waals surface area (Å²) in [5, 5.41) is 7.63. The molecule has 0 aromatic carbocycles. The number of morpholine rings is 1. The average molecular weight is 335 g/mol. The molecule has 3 heterocycles. The highest BCUT2D eigenvalue weighted by Gasteiger charge is 2.28. The first-order valence-corrected chi connectivity index (χ1v) is 9.10. The molecule has 126 valence electrons. The second-order valence-electron chi connectivity index (χ2n) is 6.47. The summed E-state index contributed by atoms with van der Waals surface area (Å²) in [5.41, 5.74) is 1.16. The Morgan fingerprint density at radius 3 is 3.04 bits per heavy atom. The fourth-order valence-electron chi connectivity index (χ4n) is 2.83. The molecule has 1 aliphatic rings. The second kappa shape index (κ2) is 7.51. The lowest BCUT2D eigenvalue weighted by Crippen LogP contribution is -2.40. The van der Waals surface area contributed by atoms with Gasteiger partial charge in [-0.15, -0.1) is 11.3 Å². The number of ether oxygens (including phenoxy) is 1. The maximum absolute atomic E-state index is 5.66. The predicted molar refractivity (Wildman–Crippen MR) is 90.2 cm³/mol. The first-order chi connectivity index (χ1) is 11.1. The van der Waals surface area contributed by atoms with Gasteiger partial charge in [-0.3, -0.25) is 9.58 Å². The van der Waals surface area contributed by atoms with E-state index in [1.54, 1.807) is 17.7 Å². The van der Waals surface area contributed by atoms with E-state index in [1.807, 2.05) is 11.7 Å². The van der Waals surface area contributed by atoms with Gasteiger partial charge in [0.05, 0.1) is 30.0 Å². The standard InChI is InChI=1S/C16H25N5OS/c1-12(2)4-5-15-19-13(10-23-15)8-21-6-7-22-9-14(21)16-17-11-18-20(16)3/h10-12,14H,4-9H2,1-3H3. The van der Waals surface area contributed by atoms with Crippen LogP contribution in [0.1, 0.15) is 42.8 Å². The summed E-state index contributed by atoms with van der Waals surface area (Å²) in [7, 11) is 1.93. The smallest absolute Gasteiger partial charge is 0.146 e. The van der Waals surface area contributed by atoms with E-state index in [4.69, 9.17) is 9.72 Å². The van der Waals surface area contributed by atoms with Crippen LogP contribution in [-0.4, -0.2) is 44.4 Å². The van der Waals surface area contributed by atoms with Crippen LogP contribution in [0.2, 0.25) is 0 Å². The third-order valence-corrected chi connectivity index (χ3v) is 5.14. The average Bonchev–Trinajstić information content (AvgIpc) is 3.15. The van der Waals surface area contributed by atoms with Gasteiger partial charge in [-0.05, 0) is 18.8 Å². The molecule has 0 bridgehead atoms. The number of nitrogens with zero attached hydrogens (tertiary/aromatic N) is 5. The quantitative estimate of drug-likeness (QED) is 0.811. The van der Waals surface area contributed by atoms with Crippen LogP contribution in [0.15, 0.2) is 11.7 Å². The SMILES string of the molecule is CC(C)CCc1nc(CN2CCOCC2c2ncnn2C)cs1. The van der Waals surface area contributed by atoms with Crippen LogP contribution < -0.4 is 0 Å². The van der Waals surface area contributed by atoms with E-state index in [9.17, 15) is 0 Å². The molecule has 1 fully saturated rings.